The van der Waals surface area contributed by atoms with Crippen molar-refractivity contribution >= 4 is 24.1 Å². The maximum atomic E-state index is 12.9. The Morgan fingerprint density at radius 1 is 0.839 bits per heavy atom. The maximum Gasteiger partial charge on any atom is 0.416 e. The predicted molar refractivity (Wildman–Crippen MR) is 115 cm³/mol. The monoisotopic (exact) mass is 433 g/mol. The summed E-state index contributed by atoms with van der Waals surface area (Å²) in [6, 6.07) is 5.01. The number of aromatic nitrogens is 3. The van der Waals surface area contributed by atoms with E-state index in [0.717, 1.165) is 64.0 Å². The van der Waals surface area contributed by atoms with Crippen molar-refractivity contribution < 1.29 is 13.2 Å². The van der Waals surface area contributed by atoms with Crippen LogP contribution in [0, 0.1) is 0 Å². The van der Waals surface area contributed by atoms with Crippen LogP contribution in [0.5, 0.6) is 0 Å². The van der Waals surface area contributed by atoms with Gasteiger partial charge in [0.05, 0.1) is 11.8 Å². The molecule has 0 radical (unpaired) electrons. The quantitative estimate of drug-likeness (QED) is 0.560. The summed E-state index contributed by atoms with van der Waals surface area (Å²) in [6.07, 6.45) is 3.74. The molecule has 0 atom stereocenters. The van der Waals surface area contributed by atoms with E-state index < -0.39 is 11.7 Å². The first-order valence-electron chi connectivity index (χ1n) is 10.7. The molecule has 10 heteroatoms. The van der Waals surface area contributed by atoms with E-state index in [2.05, 4.69) is 30.3 Å². The molecule has 0 aliphatic carbocycles. The molecule has 1 aromatic carbocycles. The standard InChI is InChI=1S/C21H26F3N7/c22-21(23,24)17-9-7-8-16(14-17)15-25-29-18-26-19(30-10-3-1-4-11-30)28-20(27-18)31-12-5-2-6-13-31/h7-9,14-15H,1-6,10-13H2,(H,26,27,28,29)/b25-15-. The van der Waals surface area contributed by atoms with Crippen molar-refractivity contribution in [3.05, 3.63) is 35.4 Å². The largest absolute Gasteiger partial charge is 0.416 e. The van der Waals surface area contributed by atoms with Gasteiger partial charge >= 0.3 is 6.18 Å². The van der Waals surface area contributed by atoms with Gasteiger partial charge in [0.1, 0.15) is 0 Å². The summed E-state index contributed by atoms with van der Waals surface area (Å²) in [4.78, 5) is 18.0. The molecule has 2 aromatic rings. The number of halogens is 3. The fourth-order valence-electron chi connectivity index (χ4n) is 3.83. The normalized spacial score (nSPS) is 17.9. The zero-order chi connectivity index (χ0) is 21.7. The number of nitrogens with zero attached hydrogens (tertiary/aromatic N) is 6. The number of anilines is 3. The SMILES string of the molecule is FC(F)(F)c1cccc(/C=N\Nc2nc(N3CCCCC3)nc(N3CCCCC3)n2)c1. The van der Waals surface area contributed by atoms with Gasteiger partial charge in [0.2, 0.25) is 17.8 Å². The van der Waals surface area contributed by atoms with Gasteiger partial charge in [-0.05, 0) is 56.2 Å². The molecule has 2 saturated heterocycles. The maximum absolute atomic E-state index is 12.9. The summed E-state index contributed by atoms with van der Waals surface area (Å²) in [7, 11) is 0. The van der Waals surface area contributed by atoms with Crippen LogP contribution in [0.2, 0.25) is 0 Å². The molecular formula is C21H26F3N7. The van der Waals surface area contributed by atoms with Gasteiger partial charge in [-0.15, -0.1) is 0 Å². The fraction of sp³-hybridized carbons (Fsp3) is 0.524. The molecule has 1 aromatic heterocycles. The molecule has 0 bridgehead atoms. The zero-order valence-corrected chi connectivity index (χ0v) is 17.3. The van der Waals surface area contributed by atoms with Crippen molar-refractivity contribution in [3.63, 3.8) is 0 Å². The highest BCUT2D eigenvalue weighted by Gasteiger charge is 2.30. The molecule has 31 heavy (non-hydrogen) atoms. The Labute approximate surface area is 179 Å². The number of piperidine rings is 2. The van der Waals surface area contributed by atoms with Crippen molar-refractivity contribution in [2.24, 2.45) is 5.10 Å². The summed E-state index contributed by atoms with van der Waals surface area (Å²) in [5.74, 6) is 1.53. The van der Waals surface area contributed by atoms with Gasteiger partial charge < -0.3 is 9.80 Å². The van der Waals surface area contributed by atoms with Gasteiger partial charge in [-0.1, -0.05) is 12.1 Å². The number of hydrogen-bond donors (Lipinski definition) is 1. The molecule has 2 aliphatic heterocycles. The first kappa shape index (κ1) is 21.3. The minimum atomic E-state index is -4.39. The Hall–Kier alpha value is -2.91. The van der Waals surface area contributed by atoms with E-state index in [1.54, 1.807) is 6.07 Å². The third kappa shape index (κ3) is 5.62. The van der Waals surface area contributed by atoms with Gasteiger partial charge in [0.25, 0.3) is 0 Å². The van der Waals surface area contributed by atoms with Crippen LogP contribution < -0.4 is 15.2 Å². The van der Waals surface area contributed by atoms with E-state index in [1.807, 2.05) is 0 Å². The number of benzene rings is 1. The second kappa shape index (κ2) is 9.49. The number of alkyl halides is 3. The lowest BCUT2D eigenvalue weighted by Gasteiger charge is -2.30. The second-order valence-electron chi connectivity index (χ2n) is 7.85. The lowest BCUT2D eigenvalue weighted by molar-refractivity contribution is -0.137. The molecule has 0 amide bonds. The Morgan fingerprint density at radius 2 is 1.42 bits per heavy atom. The smallest absolute Gasteiger partial charge is 0.341 e. The van der Waals surface area contributed by atoms with E-state index in [1.165, 1.54) is 25.1 Å². The topological polar surface area (TPSA) is 69.5 Å². The highest BCUT2D eigenvalue weighted by molar-refractivity contribution is 5.80. The van der Waals surface area contributed by atoms with E-state index >= 15 is 0 Å². The molecule has 1 N–H and O–H groups in total. The van der Waals surface area contributed by atoms with Crippen molar-refractivity contribution in [1.29, 1.82) is 0 Å². The van der Waals surface area contributed by atoms with Crippen LogP contribution in [-0.4, -0.2) is 47.3 Å². The molecular weight excluding hydrogens is 407 g/mol. The average molecular weight is 433 g/mol. The summed E-state index contributed by atoms with van der Waals surface area (Å²) in [5.41, 5.74) is 2.41. The summed E-state index contributed by atoms with van der Waals surface area (Å²) in [5, 5.41) is 4.08. The lowest BCUT2D eigenvalue weighted by Crippen LogP contribution is -2.34. The molecule has 3 heterocycles. The highest BCUT2D eigenvalue weighted by Crippen LogP contribution is 2.29. The van der Waals surface area contributed by atoms with Crippen LogP contribution in [0.15, 0.2) is 29.4 Å². The minimum Gasteiger partial charge on any atom is -0.341 e. The molecule has 2 aliphatic rings. The molecule has 0 spiro atoms. The van der Waals surface area contributed by atoms with Crippen LogP contribution in [0.25, 0.3) is 0 Å². The van der Waals surface area contributed by atoms with E-state index in [4.69, 9.17) is 4.98 Å². The van der Waals surface area contributed by atoms with E-state index in [-0.39, 0.29) is 0 Å². The van der Waals surface area contributed by atoms with Crippen molar-refractivity contribution in [2.75, 3.05) is 41.4 Å². The van der Waals surface area contributed by atoms with Crippen LogP contribution in [-0.2, 0) is 6.18 Å². The van der Waals surface area contributed by atoms with Crippen molar-refractivity contribution in [2.45, 2.75) is 44.7 Å². The Balaban J connectivity index is 1.54. The third-order valence-corrected chi connectivity index (χ3v) is 5.48. The Bertz CT molecular complexity index is 868. The number of hydrogen-bond acceptors (Lipinski definition) is 7. The molecule has 7 nitrogen and oxygen atoms in total. The molecule has 0 unspecified atom stereocenters. The van der Waals surface area contributed by atoms with Crippen LogP contribution in [0.1, 0.15) is 49.7 Å². The number of rotatable bonds is 5. The fourth-order valence-corrected chi connectivity index (χ4v) is 3.83. The van der Waals surface area contributed by atoms with Gasteiger partial charge in [-0.3, -0.25) is 0 Å². The summed E-state index contributed by atoms with van der Waals surface area (Å²) in [6.45, 7) is 3.60. The van der Waals surface area contributed by atoms with Crippen LogP contribution in [0.4, 0.5) is 31.0 Å². The first-order chi connectivity index (χ1) is 15.0. The average Bonchev–Trinajstić information content (AvgIpc) is 2.80. The first-order valence-corrected chi connectivity index (χ1v) is 10.7. The molecule has 2 fully saturated rings. The summed E-state index contributed by atoms with van der Waals surface area (Å²) < 4.78 is 38.7. The third-order valence-electron chi connectivity index (χ3n) is 5.48. The second-order valence-corrected chi connectivity index (χ2v) is 7.85. The van der Waals surface area contributed by atoms with Crippen LogP contribution in [0.3, 0.4) is 0 Å². The molecule has 4 rings (SSSR count). The molecule has 166 valence electrons. The van der Waals surface area contributed by atoms with Gasteiger partial charge in [0.15, 0.2) is 0 Å². The van der Waals surface area contributed by atoms with Crippen LogP contribution >= 0.6 is 0 Å². The lowest BCUT2D eigenvalue weighted by atomic mass is 10.1. The van der Waals surface area contributed by atoms with Gasteiger partial charge in [0, 0.05) is 26.2 Å². The van der Waals surface area contributed by atoms with Crippen molar-refractivity contribution in [1.82, 2.24) is 15.0 Å². The number of nitrogens with one attached hydrogen (secondary N) is 1. The zero-order valence-electron chi connectivity index (χ0n) is 17.3. The Kier molecular flexibility index (Phi) is 6.53. The van der Waals surface area contributed by atoms with Crippen molar-refractivity contribution in [3.8, 4) is 0 Å². The van der Waals surface area contributed by atoms with E-state index in [9.17, 15) is 13.2 Å². The van der Waals surface area contributed by atoms with Gasteiger partial charge in [-0.25, -0.2) is 5.43 Å². The minimum absolute atomic E-state index is 0.291. The summed E-state index contributed by atoms with van der Waals surface area (Å²) >= 11 is 0. The van der Waals surface area contributed by atoms with E-state index in [0.29, 0.717) is 23.4 Å². The predicted octanol–water partition coefficient (Wildman–Crippen LogP) is 4.32. The van der Waals surface area contributed by atoms with Gasteiger partial charge in [-0.2, -0.15) is 33.2 Å². The highest BCUT2D eigenvalue weighted by atomic mass is 19.4. The number of hydrazone groups is 1. The Morgan fingerprint density at radius 3 is 1.97 bits per heavy atom. The molecule has 0 saturated carbocycles.